The minimum absolute atomic E-state index is 0.413. The van der Waals surface area contributed by atoms with E-state index in [1.807, 2.05) is 0 Å². The Balaban J connectivity index is 2.61. The normalized spacial score (nSPS) is 13.8. The zero-order valence-electron chi connectivity index (χ0n) is 11.3. The van der Waals surface area contributed by atoms with E-state index >= 15 is 0 Å². The van der Waals surface area contributed by atoms with Crippen LogP contribution in [0.3, 0.4) is 0 Å². The summed E-state index contributed by atoms with van der Waals surface area (Å²) in [7, 11) is 0. The van der Waals surface area contributed by atoms with E-state index in [-0.39, 0.29) is 0 Å². The molecule has 0 fully saturated rings. The summed E-state index contributed by atoms with van der Waals surface area (Å²) < 4.78 is 0. The van der Waals surface area contributed by atoms with Crippen LogP contribution in [0.25, 0.3) is 0 Å². The maximum Gasteiger partial charge on any atom is -0.0139 e. The fraction of sp³-hybridized carbons (Fsp3) is 0.625. The summed E-state index contributed by atoms with van der Waals surface area (Å²) in [5, 5.41) is 0. The van der Waals surface area contributed by atoms with Gasteiger partial charge in [-0.3, -0.25) is 0 Å². The minimum Gasteiger partial charge on any atom is -0.0654 e. The van der Waals surface area contributed by atoms with Crippen molar-refractivity contribution in [1.82, 2.24) is 0 Å². The molecule has 1 rings (SSSR count). The lowest BCUT2D eigenvalue weighted by Gasteiger charge is -2.32. The van der Waals surface area contributed by atoms with Gasteiger partial charge in [-0.05, 0) is 23.3 Å². The maximum absolute atomic E-state index is 2.40. The molecule has 16 heavy (non-hydrogen) atoms. The van der Waals surface area contributed by atoms with Gasteiger partial charge in [0.1, 0.15) is 0 Å². The first kappa shape index (κ1) is 13.3. The molecule has 0 bridgehead atoms. The fourth-order valence-corrected chi connectivity index (χ4v) is 2.24. The quantitative estimate of drug-likeness (QED) is 0.561. The molecule has 0 heterocycles. The van der Waals surface area contributed by atoms with Crippen molar-refractivity contribution in [2.75, 3.05) is 0 Å². The van der Waals surface area contributed by atoms with E-state index in [2.05, 4.69) is 58.0 Å². The van der Waals surface area contributed by atoms with Crippen LogP contribution in [0.1, 0.15) is 64.9 Å². The highest BCUT2D eigenvalue weighted by atomic mass is 14.3. The van der Waals surface area contributed by atoms with Gasteiger partial charge in [0.2, 0.25) is 0 Å². The number of rotatable bonds is 6. The summed E-state index contributed by atoms with van der Waals surface area (Å²) >= 11 is 0. The summed E-state index contributed by atoms with van der Waals surface area (Å²) in [6.07, 6.45) is 5.37. The molecule has 0 aliphatic carbocycles. The standard InChI is InChI=1S/C16H26/c1-5-6-10-13-16(3,4)14(2)15-11-8-7-9-12-15/h7-9,11-12,14H,5-6,10,13H2,1-4H3. The number of unbranched alkanes of at least 4 members (excludes halogenated alkanes) is 2. The monoisotopic (exact) mass is 218 g/mol. The van der Waals surface area contributed by atoms with E-state index in [9.17, 15) is 0 Å². The van der Waals surface area contributed by atoms with Gasteiger partial charge >= 0.3 is 0 Å². The summed E-state index contributed by atoms with van der Waals surface area (Å²) in [6, 6.07) is 10.9. The van der Waals surface area contributed by atoms with Gasteiger partial charge in [-0.2, -0.15) is 0 Å². The SMILES string of the molecule is CCCCCC(C)(C)C(C)c1ccccc1. The van der Waals surface area contributed by atoms with Gasteiger partial charge in [-0.25, -0.2) is 0 Å². The highest BCUT2D eigenvalue weighted by Crippen LogP contribution is 2.39. The molecule has 0 amide bonds. The molecule has 0 nitrogen and oxygen atoms in total. The molecule has 1 unspecified atom stereocenters. The van der Waals surface area contributed by atoms with E-state index in [4.69, 9.17) is 0 Å². The predicted octanol–water partition coefficient (Wildman–Crippen LogP) is 5.40. The Morgan fingerprint density at radius 3 is 2.25 bits per heavy atom. The molecule has 1 aromatic rings. The summed E-state index contributed by atoms with van der Waals surface area (Å²) in [6.45, 7) is 9.44. The average Bonchev–Trinajstić information content (AvgIpc) is 2.29. The van der Waals surface area contributed by atoms with Crippen molar-refractivity contribution in [2.45, 2.75) is 59.3 Å². The van der Waals surface area contributed by atoms with Crippen LogP contribution in [0.15, 0.2) is 30.3 Å². The van der Waals surface area contributed by atoms with Crippen LogP contribution < -0.4 is 0 Å². The van der Waals surface area contributed by atoms with Gasteiger partial charge < -0.3 is 0 Å². The van der Waals surface area contributed by atoms with Crippen LogP contribution in [0, 0.1) is 5.41 Å². The third-order valence-corrected chi connectivity index (χ3v) is 3.90. The molecule has 90 valence electrons. The lowest BCUT2D eigenvalue weighted by atomic mass is 9.73. The summed E-state index contributed by atoms with van der Waals surface area (Å²) in [5.41, 5.74) is 1.89. The highest BCUT2D eigenvalue weighted by molar-refractivity contribution is 5.20. The Morgan fingerprint density at radius 1 is 1.06 bits per heavy atom. The van der Waals surface area contributed by atoms with E-state index in [0.717, 1.165) is 0 Å². The van der Waals surface area contributed by atoms with Crippen LogP contribution >= 0.6 is 0 Å². The second kappa shape index (κ2) is 6.08. The smallest absolute Gasteiger partial charge is 0.0139 e. The molecule has 0 saturated carbocycles. The van der Waals surface area contributed by atoms with Gasteiger partial charge in [0.25, 0.3) is 0 Å². The molecule has 0 aliphatic rings. The Bertz CT molecular complexity index is 284. The van der Waals surface area contributed by atoms with Crippen molar-refractivity contribution in [2.24, 2.45) is 5.41 Å². The average molecular weight is 218 g/mol. The molecular weight excluding hydrogens is 192 g/mol. The molecule has 1 atom stereocenters. The first-order chi connectivity index (χ1) is 7.58. The third kappa shape index (κ3) is 3.66. The minimum atomic E-state index is 0.413. The van der Waals surface area contributed by atoms with Crippen molar-refractivity contribution >= 4 is 0 Å². The van der Waals surface area contributed by atoms with Crippen LogP contribution in [0.4, 0.5) is 0 Å². The van der Waals surface area contributed by atoms with Gasteiger partial charge in [-0.1, -0.05) is 77.3 Å². The Labute approximate surface area is 101 Å². The topological polar surface area (TPSA) is 0 Å². The summed E-state index contributed by atoms with van der Waals surface area (Å²) in [5.74, 6) is 0.644. The second-order valence-electron chi connectivity index (χ2n) is 5.58. The summed E-state index contributed by atoms with van der Waals surface area (Å²) in [4.78, 5) is 0. The van der Waals surface area contributed by atoms with E-state index in [1.54, 1.807) is 0 Å². The molecule has 0 spiro atoms. The lowest BCUT2D eigenvalue weighted by Crippen LogP contribution is -2.19. The zero-order chi connectivity index (χ0) is 12.0. The molecule has 0 radical (unpaired) electrons. The zero-order valence-corrected chi connectivity index (χ0v) is 11.3. The van der Waals surface area contributed by atoms with Crippen molar-refractivity contribution in [3.8, 4) is 0 Å². The van der Waals surface area contributed by atoms with Crippen LogP contribution in [-0.2, 0) is 0 Å². The molecule has 0 aliphatic heterocycles. The number of benzene rings is 1. The predicted molar refractivity (Wildman–Crippen MR) is 72.8 cm³/mol. The molecule has 0 N–H and O–H groups in total. The molecule has 0 aromatic heterocycles. The van der Waals surface area contributed by atoms with Crippen LogP contribution in [0.2, 0.25) is 0 Å². The third-order valence-electron chi connectivity index (χ3n) is 3.90. The number of hydrogen-bond donors (Lipinski definition) is 0. The van der Waals surface area contributed by atoms with Crippen LogP contribution in [0.5, 0.6) is 0 Å². The van der Waals surface area contributed by atoms with Crippen molar-refractivity contribution in [3.05, 3.63) is 35.9 Å². The second-order valence-corrected chi connectivity index (χ2v) is 5.58. The van der Waals surface area contributed by atoms with Gasteiger partial charge in [-0.15, -0.1) is 0 Å². The van der Waals surface area contributed by atoms with Crippen molar-refractivity contribution < 1.29 is 0 Å². The lowest BCUT2D eigenvalue weighted by molar-refractivity contribution is 0.266. The van der Waals surface area contributed by atoms with Gasteiger partial charge in [0, 0.05) is 0 Å². The molecule has 0 heteroatoms. The first-order valence-electron chi connectivity index (χ1n) is 6.63. The number of hydrogen-bond acceptors (Lipinski definition) is 0. The van der Waals surface area contributed by atoms with E-state index in [1.165, 1.54) is 31.2 Å². The Hall–Kier alpha value is -0.780. The van der Waals surface area contributed by atoms with Gasteiger partial charge in [0.15, 0.2) is 0 Å². The van der Waals surface area contributed by atoms with E-state index in [0.29, 0.717) is 11.3 Å². The maximum atomic E-state index is 2.40. The van der Waals surface area contributed by atoms with Crippen LogP contribution in [-0.4, -0.2) is 0 Å². The fourth-order valence-electron chi connectivity index (χ4n) is 2.24. The van der Waals surface area contributed by atoms with E-state index < -0.39 is 0 Å². The van der Waals surface area contributed by atoms with Gasteiger partial charge in [0.05, 0.1) is 0 Å². The highest BCUT2D eigenvalue weighted by Gasteiger charge is 2.26. The van der Waals surface area contributed by atoms with Crippen molar-refractivity contribution in [1.29, 1.82) is 0 Å². The Morgan fingerprint density at radius 2 is 1.69 bits per heavy atom. The molecule has 1 aromatic carbocycles. The van der Waals surface area contributed by atoms with Crippen molar-refractivity contribution in [3.63, 3.8) is 0 Å². The Kier molecular flexibility index (Phi) is 5.05. The first-order valence-corrected chi connectivity index (χ1v) is 6.63. The molecular formula is C16H26. The largest absolute Gasteiger partial charge is 0.0654 e. The molecule has 0 saturated heterocycles.